The zero-order chi connectivity index (χ0) is 24.1. The first-order chi connectivity index (χ1) is 16.3. The van der Waals surface area contributed by atoms with E-state index in [1.807, 2.05) is 30.3 Å². The quantitative estimate of drug-likeness (QED) is 0.434. The van der Waals surface area contributed by atoms with Crippen LogP contribution in [0.3, 0.4) is 0 Å². The van der Waals surface area contributed by atoms with E-state index in [9.17, 15) is 19.5 Å². The molecule has 9 heteroatoms. The largest absolute Gasteiger partial charge is 0.489 e. The minimum atomic E-state index is -1.15. The molecule has 1 atom stereocenters. The third-order valence-corrected chi connectivity index (χ3v) is 5.53. The fourth-order valence-corrected chi connectivity index (χ4v) is 3.50. The van der Waals surface area contributed by atoms with E-state index >= 15 is 0 Å². The number of nitrogens with one attached hydrogen (secondary N) is 2. The number of anilines is 1. The highest BCUT2D eigenvalue weighted by atomic mass is 16.5. The van der Waals surface area contributed by atoms with Gasteiger partial charge in [0.05, 0.1) is 18.9 Å². The molecule has 2 aromatic carbocycles. The van der Waals surface area contributed by atoms with Gasteiger partial charge in [0.1, 0.15) is 18.4 Å². The molecular weight excluding hydrogens is 438 g/mol. The van der Waals surface area contributed by atoms with Gasteiger partial charge in [0.2, 0.25) is 0 Å². The highest BCUT2D eigenvalue weighted by molar-refractivity contribution is 6.35. The smallest absolute Gasteiger partial charge is 0.310 e. The number of hydrogen-bond donors (Lipinski definition) is 3. The van der Waals surface area contributed by atoms with Gasteiger partial charge in [0.15, 0.2) is 5.60 Å². The van der Waals surface area contributed by atoms with Crippen molar-refractivity contribution >= 4 is 23.4 Å². The standard InChI is InChI=1S/C25H25N3O6/c1-28-20-13-18(9-11-25(32)15-33-16-25)7-8-21(20)34-14-19(24(28)31)27-23(30)22(29)26-12-10-17-5-3-2-4-6-17/h2-8,13,19,32H,10,12,14-16H2,1H3,(H,26,29)(H,27,30)/t19-/m1/s1. The lowest BCUT2D eigenvalue weighted by atomic mass is 10.0. The van der Waals surface area contributed by atoms with E-state index in [0.29, 0.717) is 30.0 Å². The summed E-state index contributed by atoms with van der Waals surface area (Å²) in [6.07, 6.45) is 0.582. The van der Waals surface area contributed by atoms with E-state index in [-0.39, 0.29) is 19.8 Å². The lowest BCUT2D eigenvalue weighted by Crippen LogP contribution is -2.53. The molecule has 4 rings (SSSR count). The number of carbonyl (C=O) groups is 3. The normalized spacial score (nSPS) is 18.2. The average Bonchev–Trinajstić information content (AvgIpc) is 2.94. The van der Waals surface area contributed by atoms with E-state index in [4.69, 9.17) is 9.47 Å². The summed E-state index contributed by atoms with van der Waals surface area (Å²) in [5.74, 6) is 3.94. The molecule has 1 saturated heterocycles. The Balaban J connectivity index is 1.36. The number of rotatable bonds is 4. The minimum Gasteiger partial charge on any atom is -0.489 e. The van der Waals surface area contributed by atoms with Crippen LogP contribution in [0.25, 0.3) is 0 Å². The topological polar surface area (TPSA) is 117 Å². The summed E-state index contributed by atoms with van der Waals surface area (Å²) in [5.41, 5.74) is 0.941. The molecule has 2 aromatic rings. The van der Waals surface area contributed by atoms with E-state index in [1.54, 1.807) is 25.2 Å². The second-order valence-corrected chi connectivity index (χ2v) is 8.18. The van der Waals surface area contributed by atoms with Gasteiger partial charge in [0.25, 0.3) is 5.91 Å². The predicted octanol–water partition coefficient (Wildman–Crippen LogP) is -0.00170. The summed E-state index contributed by atoms with van der Waals surface area (Å²) in [4.78, 5) is 38.9. The van der Waals surface area contributed by atoms with Gasteiger partial charge in [-0.15, -0.1) is 0 Å². The van der Waals surface area contributed by atoms with Crippen molar-refractivity contribution in [1.82, 2.24) is 10.6 Å². The van der Waals surface area contributed by atoms with Crippen LogP contribution in [0.2, 0.25) is 0 Å². The molecule has 2 aliphatic rings. The van der Waals surface area contributed by atoms with Crippen LogP contribution in [0.4, 0.5) is 5.69 Å². The molecule has 0 bridgehead atoms. The van der Waals surface area contributed by atoms with Crippen molar-refractivity contribution in [2.24, 2.45) is 0 Å². The van der Waals surface area contributed by atoms with Gasteiger partial charge >= 0.3 is 11.8 Å². The predicted molar refractivity (Wildman–Crippen MR) is 123 cm³/mol. The molecule has 0 saturated carbocycles. The molecule has 1 fully saturated rings. The Bertz CT molecular complexity index is 1150. The third-order valence-electron chi connectivity index (χ3n) is 5.53. The summed E-state index contributed by atoms with van der Waals surface area (Å²) >= 11 is 0. The lowest BCUT2D eigenvalue weighted by Gasteiger charge is -2.30. The van der Waals surface area contributed by atoms with Crippen LogP contribution in [0.5, 0.6) is 5.75 Å². The minimum absolute atomic E-state index is 0.124. The number of carbonyl (C=O) groups excluding carboxylic acids is 3. The Morgan fingerprint density at radius 3 is 2.65 bits per heavy atom. The zero-order valence-corrected chi connectivity index (χ0v) is 18.7. The van der Waals surface area contributed by atoms with Crippen LogP contribution in [0.1, 0.15) is 11.1 Å². The van der Waals surface area contributed by atoms with Crippen molar-refractivity contribution in [2.75, 3.05) is 38.3 Å². The van der Waals surface area contributed by atoms with Crippen molar-refractivity contribution in [3.8, 4) is 17.6 Å². The van der Waals surface area contributed by atoms with Gasteiger partial charge in [-0.05, 0) is 30.2 Å². The molecule has 3 N–H and O–H groups in total. The molecule has 0 aliphatic carbocycles. The fourth-order valence-electron chi connectivity index (χ4n) is 3.50. The summed E-state index contributed by atoms with van der Waals surface area (Å²) in [7, 11) is 1.56. The Morgan fingerprint density at radius 2 is 1.94 bits per heavy atom. The lowest BCUT2D eigenvalue weighted by molar-refractivity contribution is -0.140. The Kier molecular flexibility index (Phi) is 6.82. The number of benzene rings is 2. The third kappa shape index (κ3) is 5.36. The first-order valence-corrected chi connectivity index (χ1v) is 10.8. The first-order valence-electron chi connectivity index (χ1n) is 10.8. The molecule has 0 unspecified atom stereocenters. The van der Waals surface area contributed by atoms with Crippen molar-refractivity contribution < 1.29 is 29.0 Å². The van der Waals surface area contributed by atoms with Gasteiger partial charge in [-0.3, -0.25) is 14.4 Å². The summed E-state index contributed by atoms with van der Waals surface area (Å²) in [6.45, 7) is 0.490. The molecule has 2 heterocycles. The molecule has 34 heavy (non-hydrogen) atoms. The van der Waals surface area contributed by atoms with Crippen LogP contribution in [-0.4, -0.2) is 67.9 Å². The molecular formula is C25H25N3O6. The van der Waals surface area contributed by atoms with Gasteiger partial charge < -0.3 is 30.1 Å². The monoisotopic (exact) mass is 463 g/mol. The van der Waals surface area contributed by atoms with Crippen LogP contribution in [0.15, 0.2) is 48.5 Å². The second kappa shape index (κ2) is 9.95. The number of ether oxygens (including phenoxy) is 2. The van der Waals surface area contributed by atoms with E-state index in [2.05, 4.69) is 22.5 Å². The Hall–Kier alpha value is -3.87. The van der Waals surface area contributed by atoms with Gasteiger partial charge in [0, 0.05) is 19.2 Å². The zero-order valence-electron chi connectivity index (χ0n) is 18.7. The molecule has 3 amide bonds. The van der Waals surface area contributed by atoms with E-state index in [1.165, 1.54) is 4.90 Å². The number of amides is 3. The van der Waals surface area contributed by atoms with Crippen LogP contribution in [-0.2, 0) is 25.5 Å². The summed E-state index contributed by atoms with van der Waals surface area (Å²) < 4.78 is 10.7. The van der Waals surface area contributed by atoms with Gasteiger partial charge in [-0.1, -0.05) is 42.2 Å². The molecule has 0 aromatic heterocycles. The maximum absolute atomic E-state index is 13.0. The molecule has 9 nitrogen and oxygen atoms in total. The summed E-state index contributed by atoms with van der Waals surface area (Å²) in [6, 6.07) is 13.6. The van der Waals surface area contributed by atoms with Crippen molar-refractivity contribution in [3.05, 3.63) is 59.7 Å². The van der Waals surface area contributed by atoms with E-state index < -0.39 is 29.4 Å². The SMILES string of the molecule is CN1C(=O)[C@H](NC(=O)C(=O)NCCc2ccccc2)COc2ccc(C#CC3(O)COC3)cc21. The number of hydrogen-bond acceptors (Lipinski definition) is 6. The first kappa shape index (κ1) is 23.3. The maximum Gasteiger partial charge on any atom is 0.310 e. The number of likely N-dealkylation sites (N-methyl/N-ethyl adjacent to an activating group) is 1. The van der Waals surface area contributed by atoms with Crippen LogP contribution >= 0.6 is 0 Å². The van der Waals surface area contributed by atoms with Crippen molar-refractivity contribution in [1.29, 1.82) is 0 Å². The summed E-state index contributed by atoms with van der Waals surface area (Å²) in [5, 5.41) is 15.1. The Labute approximate surface area is 197 Å². The molecule has 0 spiro atoms. The van der Waals surface area contributed by atoms with Crippen LogP contribution in [0, 0.1) is 11.8 Å². The molecule has 2 aliphatic heterocycles. The average molecular weight is 463 g/mol. The van der Waals surface area contributed by atoms with Crippen molar-refractivity contribution in [2.45, 2.75) is 18.1 Å². The Morgan fingerprint density at radius 1 is 1.18 bits per heavy atom. The fraction of sp³-hybridized carbons (Fsp3) is 0.320. The number of nitrogens with zero attached hydrogens (tertiary/aromatic N) is 1. The molecule has 176 valence electrons. The van der Waals surface area contributed by atoms with Crippen molar-refractivity contribution in [3.63, 3.8) is 0 Å². The van der Waals surface area contributed by atoms with E-state index in [0.717, 1.165) is 5.56 Å². The number of aliphatic hydroxyl groups is 1. The number of fused-ring (bicyclic) bond motifs is 1. The van der Waals surface area contributed by atoms with Gasteiger partial charge in [-0.25, -0.2) is 0 Å². The van der Waals surface area contributed by atoms with Crippen LogP contribution < -0.4 is 20.3 Å². The highest BCUT2D eigenvalue weighted by Crippen LogP contribution is 2.31. The van der Waals surface area contributed by atoms with Gasteiger partial charge in [-0.2, -0.15) is 0 Å². The molecule has 0 radical (unpaired) electrons. The second-order valence-electron chi connectivity index (χ2n) is 8.18. The highest BCUT2D eigenvalue weighted by Gasteiger charge is 2.34. The maximum atomic E-state index is 13.0.